The van der Waals surface area contributed by atoms with Gasteiger partial charge in [0.05, 0.1) is 0 Å². The van der Waals surface area contributed by atoms with Crippen LogP contribution in [0.25, 0.3) is 10.8 Å². The van der Waals surface area contributed by atoms with E-state index in [1.54, 1.807) is 0 Å². The van der Waals surface area contributed by atoms with E-state index in [4.69, 9.17) is 0 Å². The summed E-state index contributed by atoms with van der Waals surface area (Å²) in [6, 6.07) is 9.35. The minimum Gasteiger partial charge on any atom is -0.504 e. The molecule has 0 heterocycles. The number of aromatic hydroxyl groups is 2. The molecule has 16 heavy (non-hydrogen) atoms. The molecule has 0 saturated heterocycles. The molecule has 2 nitrogen and oxygen atoms in total. The number of phenols is 2. The maximum atomic E-state index is 9.76. The van der Waals surface area contributed by atoms with Crippen molar-refractivity contribution in [2.24, 2.45) is 0 Å². The highest BCUT2D eigenvalue weighted by atomic mass is 16.3. The molecule has 0 bridgehead atoms. The fourth-order valence-electron chi connectivity index (χ4n) is 1.88. The van der Waals surface area contributed by atoms with Gasteiger partial charge in [-0.05, 0) is 35.9 Å². The second-order valence-electron chi connectivity index (χ2n) is 4.09. The number of fused-ring (bicyclic) bond motifs is 1. The van der Waals surface area contributed by atoms with Crippen LogP contribution in [0, 0.1) is 0 Å². The molecule has 0 fully saturated rings. The first-order valence-electron chi connectivity index (χ1n) is 5.66. The molecule has 0 aliphatic carbocycles. The molecule has 84 valence electrons. The second kappa shape index (κ2) is 4.44. The van der Waals surface area contributed by atoms with Gasteiger partial charge in [0.2, 0.25) is 0 Å². The van der Waals surface area contributed by atoms with E-state index in [2.05, 4.69) is 13.0 Å². The van der Waals surface area contributed by atoms with Crippen LogP contribution < -0.4 is 0 Å². The molecule has 2 N–H and O–H groups in total. The maximum absolute atomic E-state index is 9.76. The normalized spacial score (nSPS) is 10.8. The van der Waals surface area contributed by atoms with Gasteiger partial charge in [-0.2, -0.15) is 0 Å². The zero-order valence-corrected chi connectivity index (χ0v) is 9.40. The van der Waals surface area contributed by atoms with Gasteiger partial charge in [-0.25, -0.2) is 0 Å². The van der Waals surface area contributed by atoms with E-state index < -0.39 is 0 Å². The average molecular weight is 216 g/mol. The summed E-state index contributed by atoms with van der Waals surface area (Å²) in [5.74, 6) is -0.0732. The molecule has 2 heteroatoms. The molecule has 2 aromatic carbocycles. The summed E-state index contributed by atoms with van der Waals surface area (Å²) in [6.07, 6.45) is 3.32. The Hall–Kier alpha value is -1.70. The third-order valence-electron chi connectivity index (χ3n) is 2.86. The van der Waals surface area contributed by atoms with Gasteiger partial charge in [0, 0.05) is 5.39 Å². The highest BCUT2D eigenvalue weighted by molar-refractivity contribution is 5.90. The first kappa shape index (κ1) is 10.8. The summed E-state index contributed by atoms with van der Waals surface area (Å²) in [4.78, 5) is 0. The van der Waals surface area contributed by atoms with Crippen LogP contribution in [0.4, 0.5) is 0 Å². The van der Waals surface area contributed by atoms with Crippen molar-refractivity contribution in [3.63, 3.8) is 0 Å². The minimum atomic E-state index is -0.0554. The topological polar surface area (TPSA) is 40.5 Å². The van der Waals surface area contributed by atoms with Crippen molar-refractivity contribution in [1.82, 2.24) is 0 Å². The van der Waals surface area contributed by atoms with Crippen molar-refractivity contribution < 1.29 is 10.2 Å². The number of hydrogen-bond acceptors (Lipinski definition) is 2. The van der Waals surface area contributed by atoms with Crippen LogP contribution in [0.3, 0.4) is 0 Å². The third-order valence-corrected chi connectivity index (χ3v) is 2.86. The summed E-state index contributed by atoms with van der Waals surface area (Å²) in [6.45, 7) is 2.16. The quantitative estimate of drug-likeness (QED) is 0.770. The van der Waals surface area contributed by atoms with Gasteiger partial charge in [0.1, 0.15) is 0 Å². The predicted octanol–water partition coefficient (Wildman–Crippen LogP) is 3.59. The lowest BCUT2D eigenvalue weighted by molar-refractivity contribution is 0.408. The summed E-state index contributed by atoms with van der Waals surface area (Å²) in [7, 11) is 0. The smallest absolute Gasteiger partial charge is 0.165 e. The van der Waals surface area contributed by atoms with E-state index in [0.29, 0.717) is 0 Å². The second-order valence-corrected chi connectivity index (χ2v) is 4.09. The van der Waals surface area contributed by atoms with Gasteiger partial charge in [-0.1, -0.05) is 31.5 Å². The molecular weight excluding hydrogens is 200 g/mol. The molecule has 0 atom stereocenters. The van der Waals surface area contributed by atoms with Gasteiger partial charge in [-0.3, -0.25) is 0 Å². The molecule has 0 spiro atoms. The van der Waals surface area contributed by atoms with E-state index in [1.165, 1.54) is 11.6 Å². The first-order valence-corrected chi connectivity index (χ1v) is 5.66. The van der Waals surface area contributed by atoms with E-state index in [-0.39, 0.29) is 11.5 Å². The summed E-state index contributed by atoms with van der Waals surface area (Å²) in [5.41, 5.74) is 1.20. The van der Waals surface area contributed by atoms with Gasteiger partial charge in [-0.15, -0.1) is 0 Å². The lowest BCUT2D eigenvalue weighted by atomic mass is 10.0. The predicted molar refractivity (Wildman–Crippen MR) is 65.9 cm³/mol. The molecule has 2 rings (SSSR count). The van der Waals surface area contributed by atoms with Crippen molar-refractivity contribution in [2.45, 2.75) is 26.2 Å². The standard InChI is InChI=1S/C14H16O2/c1-2-3-4-10-5-6-11-7-8-13(15)14(16)12(11)9-10/h5-9,15-16H,2-4H2,1H3. The molecule has 0 unspecified atom stereocenters. The highest BCUT2D eigenvalue weighted by Crippen LogP contribution is 2.33. The molecule has 0 aliphatic heterocycles. The zero-order chi connectivity index (χ0) is 11.5. The van der Waals surface area contributed by atoms with Crippen molar-refractivity contribution in [3.05, 3.63) is 35.9 Å². The van der Waals surface area contributed by atoms with Crippen LogP contribution in [0.2, 0.25) is 0 Å². The number of phenolic OH excluding ortho intramolecular Hbond substituents is 2. The third kappa shape index (κ3) is 1.96. The van der Waals surface area contributed by atoms with Crippen molar-refractivity contribution in [3.8, 4) is 11.5 Å². The summed E-state index contributed by atoms with van der Waals surface area (Å²) in [5, 5.41) is 20.9. The fourth-order valence-corrected chi connectivity index (χ4v) is 1.88. The zero-order valence-electron chi connectivity index (χ0n) is 9.40. The number of aryl methyl sites for hydroxylation is 1. The van der Waals surface area contributed by atoms with Crippen LogP contribution in [0.15, 0.2) is 30.3 Å². The average Bonchev–Trinajstić information content (AvgIpc) is 2.31. The molecule has 0 amide bonds. The SMILES string of the molecule is CCCCc1ccc2ccc(O)c(O)c2c1. The summed E-state index contributed by atoms with van der Waals surface area (Å²) < 4.78 is 0. The fraction of sp³-hybridized carbons (Fsp3) is 0.286. The van der Waals surface area contributed by atoms with Gasteiger partial charge >= 0.3 is 0 Å². The lowest BCUT2D eigenvalue weighted by Gasteiger charge is -2.06. The Morgan fingerprint density at radius 3 is 2.56 bits per heavy atom. The number of rotatable bonds is 3. The van der Waals surface area contributed by atoms with Crippen LogP contribution in [-0.2, 0) is 6.42 Å². The monoisotopic (exact) mass is 216 g/mol. The van der Waals surface area contributed by atoms with Crippen LogP contribution in [0.1, 0.15) is 25.3 Å². The molecule has 0 aromatic heterocycles. The minimum absolute atomic E-state index is 0.0177. The Kier molecular flexibility index (Phi) is 3.00. The van der Waals surface area contributed by atoms with Gasteiger partial charge < -0.3 is 10.2 Å². The molecule has 0 saturated carbocycles. The number of hydrogen-bond donors (Lipinski definition) is 2. The van der Waals surface area contributed by atoms with Crippen molar-refractivity contribution in [1.29, 1.82) is 0 Å². The van der Waals surface area contributed by atoms with Gasteiger partial charge in [0.25, 0.3) is 0 Å². The Morgan fingerprint density at radius 2 is 1.81 bits per heavy atom. The number of benzene rings is 2. The van der Waals surface area contributed by atoms with E-state index in [0.717, 1.165) is 30.0 Å². The van der Waals surface area contributed by atoms with E-state index in [1.807, 2.05) is 18.2 Å². The largest absolute Gasteiger partial charge is 0.504 e. The van der Waals surface area contributed by atoms with Crippen molar-refractivity contribution in [2.75, 3.05) is 0 Å². The van der Waals surface area contributed by atoms with E-state index >= 15 is 0 Å². The van der Waals surface area contributed by atoms with Crippen LogP contribution >= 0.6 is 0 Å². The molecular formula is C14H16O2. The lowest BCUT2D eigenvalue weighted by Crippen LogP contribution is -1.85. The highest BCUT2D eigenvalue weighted by Gasteiger charge is 2.05. The summed E-state index contributed by atoms with van der Waals surface area (Å²) >= 11 is 0. The molecule has 0 radical (unpaired) electrons. The molecule has 0 aliphatic rings. The maximum Gasteiger partial charge on any atom is 0.165 e. The number of unbranched alkanes of at least 4 members (excludes halogenated alkanes) is 1. The van der Waals surface area contributed by atoms with Crippen LogP contribution in [0.5, 0.6) is 11.5 Å². The van der Waals surface area contributed by atoms with Crippen molar-refractivity contribution >= 4 is 10.8 Å². The first-order chi connectivity index (χ1) is 7.72. The van der Waals surface area contributed by atoms with Gasteiger partial charge in [0.15, 0.2) is 11.5 Å². The van der Waals surface area contributed by atoms with E-state index in [9.17, 15) is 10.2 Å². The van der Waals surface area contributed by atoms with Crippen LogP contribution in [-0.4, -0.2) is 10.2 Å². The Balaban J connectivity index is 2.47. The Labute approximate surface area is 95.2 Å². The Morgan fingerprint density at radius 1 is 1.06 bits per heavy atom. The molecule has 2 aromatic rings. The Bertz CT molecular complexity index is 503.